The highest BCUT2D eigenvalue weighted by atomic mass is 16.5. The molecule has 4 rings (SSSR count). The molecule has 2 fully saturated rings. The van der Waals surface area contributed by atoms with Crippen molar-refractivity contribution in [1.82, 2.24) is 15.0 Å². The van der Waals surface area contributed by atoms with Gasteiger partial charge in [0, 0.05) is 57.8 Å². The summed E-state index contributed by atoms with van der Waals surface area (Å²) in [4.78, 5) is 29.6. The average Bonchev–Trinajstić information content (AvgIpc) is 3.47. The Morgan fingerprint density at radius 1 is 1.16 bits per heavy atom. The lowest BCUT2D eigenvalue weighted by molar-refractivity contribution is -0.145. The third-order valence-corrected chi connectivity index (χ3v) is 6.68. The molecule has 1 aromatic heterocycles. The summed E-state index contributed by atoms with van der Waals surface area (Å²) in [5.74, 6) is 0.811. The topological polar surface area (TPSA) is 75.9 Å². The molecule has 0 N–H and O–H groups in total. The van der Waals surface area contributed by atoms with Crippen LogP contribution in [0.2, 0.25) is 0 Å². The minimum atomic E-state index is -0.670. The van der Waals surface area contributed by atoms with Crippen molar-refractivity contribution >= 4 is 11.8 Å². The molecule has 172 valence electrons. The summed E-state index contributed by atoms with van der Waals surface area (Å²) in [5, 5.41) is 4.23. The van der Waals surface area contributed by atoms with Gasteiger partial charge in [-0.2, -0.15) is 0 Å². The van der Waals surface area contributed by atoms with E-state index in [0.29, 0.717) is 44.8 Å². The van der Waals surface area contributed by atoms with Gasteiger partial charge in [0.2, 0.25) is 11.8 Å². The maximum atomic E-state index is 13.8. The summed E-state index contributed by atoms with van der Waals surface area (Å²) < 4.78 is 11.5. The second-order valence-electron chi connectivity index (χ2n) is 9.05. The quantitative estimate of drug-likeness (QED) is 0.660. The number of nitrogens with zero attached hydrogens (tertiary/aromatic N) is 3. The molecule has 2 aliphatic heterocycles. The zero-order valence-electron chi connectivity index (χ0n) is 19.1. The number of aromatic nitrogens is 1. The van der Waals surface area contributed by atoms with Gasteiger partial charge >= 0.3 is 0 Å². The van der Waals surface area contributed by atoms with Crippen LogP contribution in [-0.2, 0) is 20.7 Å². The maximum absolute atomic E-state index is 13.8. The Balaban J connectivity index is 1.50. The molecular formula is C25H33N3O4. The van der Waals surface area contributed by atoms with Gasteiger partial charge in [-0.25, -0.2) is 0 Å². The average molecular weight is 440 g/mol. The monoisotopic (exact) mass is 439 g/mol. The Kier molecular flexibility index (Phi) is 6.94. The number of likely N-dealkylation sites (tertiary alicyclic amines) is 2. The number of piperidine rings is 1. The zero-order chi connectivity index (χ0) is 22.6. The second-order valence-corrected chi connectivity index (χ2v) is 9.05. The fraction of sp³-hybridized carbons (Fsp3) is 0.560. The minimum Gasteiger partial charge on any atom is -0.378 e. The molecule has 2 amide bonds. The molecule has 32 heavy (non-hydrogen) atoms. The lowest BCUT2D eigenvalue weighted by Crippen LogP contribution is -2.50. The first kappa shape index (κ1) is 22.5. The molecule has 2 aromatic rings. The maximum Gasteiger partial charge on any atom is 0.231 e. The molecule has 7 nitrogen and oxygen atoms in total. The molecule has 1 atom stereocenters. The molecule has 0 radical (unpaired) electrons. The normalized spacial score (nSPS) is 21.8. The number of carbonyl (C=O) groups is 2. The van der Waals surface area contributed by atoms with Crippen molar-refractivity contribution in [1.29, 1.82) is 0 Å². The second kappa shape index (κ2) is 9.86. The van der Waals surface area contributed by atoms with Crippen molar-refractivity contribution < 1.29 is 18.8 Å². The van der Waals surface area contributed by atoms with E-state index in [1.165, 1.54) is 0 Å². The van der Waals surface area contributed by atoms with Crippen LogP contribution < -0.4 is 0 Å². The van der Waals surface area contributed by atoms with Gasteiger partial charge in [-0.15, -0.1) is 0 Å². The number of hydrogen-bond donors (Lipinski definition) is 0. The number of ether oxygens (including phenoxy) is 1. The van der Waals surface area contributed by atoms with Crippen molar-refractivity contribution in [2.24, 2.45) is 5.41 Å². The lowest BCUT2D eigenvalue weighted by Gasteiger charge is -2.38. The van der Waals surface area contributed by atoms with Crippen LogP contribution in [0.25, 0.3) is 11.3 Å². The predicted octanol–water partition coefficient (Wildman–Crippen LogP) is 3.54. The Labute approximate surface area is 189 Å². The van der Waals surface area contributed by atoms with E-state index in [1.54, 1.807) is 11.8 Å². The van der Waals surface area contributed by atoms with Crippen LogP contribution in [0.4, 0.5) is 0 Å². The molecular weight excluding hydrogens is 406 g/mol. The van der Waals surface area contributed by atoms with E-state index >= 15 is 0 Å². The van der Waals surface area contributed by atoms with Gasteiger partial charge in [0.1, 0.15) is 11.5 Å². The standard InChI is InChI=1S/C25H33N3O4/c1-3-15-31-21-9-12-27(13-10-21)24(30)25(11-14-28(18-25)19(2)29)17-22-16-23(26-32-22)20-7-5-4-6-8-20/h4-8,16,21H,3,9-15,17-18H2,1-2H3/t25-/m0/s1. The van der Waals surface area contributed by atoms with Gasteiger partial charge in [0.15, 0.2) is 0 Å². The molecule has 0 unspecified atom stereocenters. The van der Waals surface area contributed by atoms with E-state index in [1.807, 2.05) is 41.3 Å². The van der Waals surface area contributed by atoms with Crippen molar-refractivity contribution in [2.75, 3.05) is 32.8 Å². The van der Waals surface area contributed by atoms with E-state index < -0.39 is 5.41 Å². The van der Waals surface area contributed by atoms with Gasteiger partial charge in [-0.1, -0.05) is 42.4 Å². The van der Waals surface area contributed by atoms with Crippen molar-refractivity contribution in [3.8, 4) is 11.3 Å². The summed E-state index contributed by atoms with van der Waals surface area (Å²) in [6, 6.07) is 11.8. The largest absolute Gasteiger partial charge is 0.378 e. The first-order valence-corrected chi connectivity index (χ1v) is 11.7. The van der Waals surface area contributed by atoms with Crippen LogP contribution >= 0.6 is 0 Å². The number of amides is 2. The van der Waals surface area contributed by atoms with Crippen LogP contribution in [0.5, 0.6) is 0 Å². The Hall–Kier alpha value is -2.67. The first-order chi connectivity index (χ1) is 15.5. The van der Waals surface area contributed by atoms with Gasteiger partial charge < -0.3 is 19.1 Å². The van der Waals surface area contributed by atoms with Gasteiger partial charge in [0.05, 0.1) is 11.5 Å². The lowest BCUT2D eigenvalue weighted by atomic mass is 9.80. The summed E-state index contributed by atoms with van der Waals surface area (Å²) in [6.45, 7) is 6.85. The number of benzene rings is 1. The Morgan fingerprint density at radius 3 is 2.56 bits per heavy atom. The zero-order valence-corrected chi connectivity index (χ0v) is 19.1. The molecule has 7 heteroatoms. The fourth-order valence-corrected chi connectivity index (χ4v) is 4.86. The Bertz CT molecular complexity index is 920. The van der Waals surface area contributed by atoms with E-state index in [4.69, 9.17) is 9.26 Å². The molecule has 0 bridgehead atoms. The highest BCUT2D eigenvalue weighted by Gasteiger charge is 2.48. The Morgan fingerprint density at radius 2 is 1.91 bits per heavy atom. The van der Waals surface area contributed by atoms with E-state index in [9.17, 15) is 9.59 Å². The van der Waals surface area contributed by atoms with Crippen LogP contribution in [0.1, 0.15) is 45.3 Å². The van der Waals surface area contributed by atoms with Gasteiger partial charge in [-0.3, -0.25) is 9.59 Å². The van der Waals surface area contributed by atoms with Crippen LogP contribution in [0.15, 0.2) is 40.9 Å². The highest BCUT2D eigenvalue weighted by molar-refractivity contribution is 5.85. The van der Waals surface area contributed by atoms with Crippen LogP contribution in [0.3, 0.4) is 0 Å². The number of carbonyl (C=O) groups excluding carboxylic acids is 2. The molecule has 1 aromatic carbocycles. The third kappa shape index (κ3) is 4.88. The smallest absolute Gasteiger partial charge is 0.231 e. The van der Waals surface area contributed by atoms with Gasteiger partial charge in [0.25, 0.3) is 0 Å². The molecule has 0 spiro atoms. The number of rotatable bonds is 7. The summed E-state index contributed by atoms with van der Waals surface area (Å²) in [5.41, 5.74) is 1.07. The molecule has 0 aliphatic carbocycles. The highest BCUT2D eigenvalue weighted by Crippen LogP contribution is 2.38. The number of hydrogen-bond acceptors (Lipinski definition) is 5. The van der Waals surface area contributed by atoms with Crippen LogP contribution in [-0.4, -0.2) is 65.7 Å². The van der Waals surface area contributed by atoms with Crippen LogP contribution in [0, 0.1) is 5.41 Å². The fourth-order valence-electron chi connectivity index (χ4n) is 4.86. The SMILES string of the molecule is CCCOC1CCN(C(=O)[C@]2(Cc3cc(-c4ccccc4)no3)CCN(C(C)=O)C2)CC1. The first-order valence-electron chi connectivity index (χ1n) is 11.7. The summed E-state index contributed by atoms with van der Waals surface area (Å²) in [7, 11) is 0. The van der Waals surface area contributed by atoms with Crippen molar-refractivity contribution in [3.63, 3.8) is 0 Å². The van der Waals surface area contributed by atoms with Crippen molar-refractivity contribution in [3.05, 3.63) is 42.2 Å². The van der Waals surface area contributed by atoms with E-state index in [2.05, 4.69) is 12.1 Å². The third-order valence-electron chi connectivity index (χ3n) is 6.68. The minimum absolute atomic E-state index is 0.00823. The van der Waals surface area contributed by atoms with E-state index in [-0.39, 0.29) is 17.9 Å². The van der Waals surface area contributed by atoms with Crippen molar-refractivity contribution in [2.45, 2.75) is 52.1 Å². The molecule has 2 aliphatic rings. The van der Waals surface area contributed by atoms with E-state index in [0.717, 1.165) is 37.1 Å². The summed E-state index contributed by atoms with van der Waals surface area (Å²) >= 11 is 0. The predicted molar refractivity (Wildman–Crippen MR) is 121 cm³/mol. The molecule has 2 saturated heterocycles. The molecule has 0 saturated carbocycles. The summed E-state index contributed by atoms with van der Waals surface area (Å²) in [6.07, 6.45) is 4.04. The van der Waals surface area contributed by atoms with Gasteiger partial charge in [-0.05, 0) is 25.7 Å². The molecule has 3 heterocycles.